The Morgan fingerprint density at radius 2 is 1.92 bits per heavy atom. The molecule has 1 atom stereocenters. The van der Waals surface area contributed by atoms with Gasteiger partial charge in [0.1, 0.15) is 0 Å². The summed E-state index contributed by atoms with van der Waals surface area (Å²) in [5.74, 6) is 1.60. The summed E-state index contributed by atoms with van der Waals surface area (Å²) in [6.45, 7) is 13.2. The van der Waals surface area contributed by atoms with Gasteiger partial charge in [0, 0.05) is 37.9 Å². The maximum absolute atomic E-state index is 5.52. The van der Waals surface area contributed by atoms with E-state index in [0.717, 1.165) is 58.3 Å². The number of guanidine groups is 1. The van der Waals surface area contributed by atoms with Crippen LogP contribution in [0.2, 0.25) is 0 Å². The van der Waals surface area contributed by atoms with Gasteiger partial charge in [-0.1, -0.05) is 32.0 Å². The van der Waals surface area contributed by atoms with Gasteiger partial charge in [-0.2, -0.15) is 0 Å². The molecule has 0 saturated carbocycles. The molecule has 1 unspecified atom stereocenters. The van der Waals surface area contributed by atoms with Crippen LogP contribution >= 0.6 is 24.0 Å². The van der Waals surface area contributed by atoms with Crippen molar-refractivity contribution in [2.75, 3.05) is 50.8 Å². The third-order valence-electron chi connectivity index (χ3n) is 5.19. The molecule has 26 heavy (non-hydrogen) atoms. The number of nitrogens with one attached hydrogen (secondary N) is 1. The van der Waals surface area contributed by atoms with Crippen molar-refractivity contribution < 1.29 is 4.74 Å². The van der Waals surface area contributed by atoms with Crippen LogP contribution in [0.15, 0.2) is 29.3 Å². The maximum atomic E-state index is 5.52. The number of halogens is 1. The largest absolute Gasteiger partial charge is 0.379 e. The first kappa shape index (κ1) is 21.4. The van der Waals surface area contributed by atoms with E-state index in [1.165, 1.54) is 11.3 Å². The Labute approximate surface area is 175 Å². The summed E-state index contributed by atoms with van der Waals surface area (Å²) in [6, 6.07) is 9.14. The topological polar surface area (TPSA) is 40.1 Å². The van der Waals surface area contributed by atoms with Gasteiger partial charge in [0.2, 0.25) is 0 Å². The fourth-order valence-electron chi connectivity index (χ4n) is 3.79. The van der Waals surface area contributed by atoms with Gasteiger partial charge >= 0.3 is 0 Å². The summed E-state index contributed by atoms with van der Waals surface area (Å²) in [7, 11) is 0. The summed E-state index contributed by atoms with van der Waals surface area (Å²) >= 11 is 0. The first-order chi connectivity index (χ1) is 12.2. The van der Waals surface area contributed by atoms with Crippen molar-refractivity contribution in [1.29, 1.82) is 0 Å². The van der Waals surface area contributed by atoms with Gasteiger partial charge < -0.3 is 15.0 Å². The number of rotatable bonds is 5. The highest BCUT2D eigenvalue weighted by Gasteiger charge is 2.26. The number of para-hydroxylation sites is 1. The lowest BCUT2D eigenvalue weighted by Crippen LogP contribution is -2.48. The van der Waals surface area contributed by atoms with Gasteiger partial charge in [-0.15, -0.1) is 24.0 Å². The Hall–Kier alpha value is -0.860. The molecule has 6 heteroatoms. The Morgan fingerprint density at radius 3 is 2.62 bits per heavy atom. The lowest BCUT2D eigenvalue weighted by atomic mass is 10.0. The number of benzene rings is 1. The number of fused-ring (bicyclic) bond motifs is 1. The second-order valence-corrected chi connectivity index (χ2v) is 7.18. The number of hydrogen-bond donors (Lipinski definition) is 1. The van der Waals surface area contributed by atoms with Crippen LogP contribution < -0.4 is 10.2 Å². The Bertz CT molecular complexity index is 587. The third-order valence-corrected chi connectivity index (χ3v) is 5.19. The van der Waals surface area contributed by atoms with Gasteiger partial charge in [0.15, 0.2) is 5.96 Å². The molecule has 1 N–H and O–H groups in total. The first-order valence-corrected chi connectivity index (χ1v) is 9.66. The van der Waals surface area contributed by atoms with Gasteiger partial charge in [-0.3, -0.25) is 9.89 Å². The van der Waals surface area contributed by atoms with E-state index in [4.69, 9.17) is 9.73 Å². The van der Waals surface area contributed by atoms with Crippen LogP contribution in [0.1, 0.15) is 26.3 Å². The monoisotopic (exact) mass is 472 g/mol. The summed E-state index contributed by atoms with van der Waals surface area (Å²) in [5.41, 5.74) is 2.72. The summed E-state index contributed by atoms with van der Waals surface area (Å²) in [5, 5.41) is 3.50. The highest BCUT2D eigenvalue weighted by Crippen LogP contribution is 2.27. The second-order valence-electron chi connectivity index (χ2n) is 7.18. The van der Waals surface area contributed by atoms with Crippen LogP contribution in [-0.2, 0) is 11.2 Å². The minimum Gasteiger partial charge on any atom is -0.379 e. The zero-order valence-electron chi connectivity index (χ0n) is 16.3. The number of nitrogens with zero attached hydrogens (tertiary/aromatic N) is 3. The number of morpholine rings is 1. The number of ether oxygens (including phenoxy) is 1. The van der Waals surface area contributed by atoms with Crippen LogP contribution in [0.5, 0.6) is 0 Å². The minimum absolute atomic E-state index is 0. The van der Waals surface area contributed by atoms with Crippen molar-refractivity contribution in [1.82, 2.24) is 10.2 Å². The summed E-state index contributed by atoms with van der Waals surface area (Å²) in [4.78, 5) is 9.92. The van der Waals surface area contributed by atoms with E-state index in [1.807, 2.05) is 0 Å². The molecule has 146 valence electrons. The molecule has 5 nitrogen and oxygen atoms in total. The molecule has 1 saturated heterocycles. The van der Waals surface area contributed by atoms with Crippen molar-refractivity contribution in [2.45, 2.75) is 33.2 Å². The van der Waals surface area contributed by atoms with E-state index in [-0.39, 0.29) is 24.0 Å². The maximum Gasteiger partial charge on any atom is 0.198 e. The fraction of sp³-hybridized carbons (Fsp3) is 0.650. The molecule has 1 fully saturated rings. The molecule has 0 bridgehead atoms. The summed E-state index contributed by atoms with van der Waals surface area (Å²) in [6.07, 6.45) is 1.09. The molecule has 0 radical (unpaired) electrons. The van der Waals surface area contributed by atoms with Gasteiger partial charge in [0.05, 0.1) is 19.8 Å². The molecule has 0 aliphatic carbocycles. The van der Waals surface area contributed by atoms with Crippen molar-refractivity contribution >= 4 is 35.6 Å². The van der Waals surface area contributed by atoms with Crippen molar-refractivity contribution in [2.24, 2.45) is 10.9 Å². The molecule has 3 rings (SSSR count). The average Bonchev–Trinajstić information content (AvgIpc) is 3.05. The van der Waals surface area contributed by atoms with E-state index < -0.39 is 0 Å². The number of aliphatic imine (C=N–C) groups is 1. The molecule has 0 aromatic heterocycles. The van der Waals surface area contributed by atoms with Crippen LogP contribution in [0, 0.1) is 5.92 Å². The SMILES string of the molecule is CCNC(=NCC(C(C)C)N1CCOCC1)N1CCc2ccccc21.I. The molecule has 1 aromatic rings. The number of anilines is 1. The zero-order chi connectivity index (χ0) is 17.6. The minimum atomic E-state index is 0. The first-order valence-electron chi connectivity index (χ1n) is 9.66. The normalized spacial score (nSPS) is 19.2. The molecule has 1 aromatic carbocycles. The van der Waals surface area contributed by atoms with Gasteiger partial charge in [-0.25, -0.2) is 0 Å². The molecular formula is C20H33IN4O. The Morgan fingerprint density at radius 1 is 1.19 bits per heavy atom. The quantitative estimate of drug-likeness (QED) is 0.407. The van der Waals surface area contributed by atoms with Crippen LogP contribution in [-0.4, -0.2) is 62.8 Å². The Kier molecular flexibility index (Phi) is 8.63. The van der Waals surface area contributed by atoms with Crippen LogP contribution in [0.25, 0.3) is 0 Å². The third kappa shape index (κ3) is 5.10. The van der Waals surface area contributed by atoms with E-state index in [0.29, 0.717) is 12.0 Å². The molecule has 2 heterocycles. The number of hydrogen-bond acceptors (Lipinski definition) is 3. The molecular weight excluding hydrogens is 439 g/mol. The van der Waals surface area contributed by atoms with Crippen molar-refractivity contribution in [3.8, 4) is 0 Å². The Balaban J connectivity index is 0.00000243. The molecule has 0 amide bonds. The van der Waals surface area contributed by atoms with Gasteiger partial charge in [-0.05, 0) is 30.9 Å². The molecule has 0 spiro atoms. The predicted molar refractivity (Wildman–Crippen MR) is 120 cm³/mol. The average molecular weight is 472 g/mol. The van der Waals surface area contributed by atoms with Crippen LogP contribution in [0.3, 0.4) is 0 Å². The smallest absolute Gasteiger partial charge is 0.198 e. The fourth-order valence-corrected chi connectivity index (χ4v) is 3.79. The predicted octanol–water partition coefficient (Wildman–Crippen LogP) is 2.99. The molecule has 2 aliphatic heterocycles. The second kappa shape index (κ2) is 10.5. The van der Waals surface area contributed by atoms with Crippen molar-refractivity contribution in [3.05, 3.63) is 29.8 Å². The lowest BCUT2D eigenvalue weighted by Gasteiger charge is -2.36. The lowest BCUT2D eigenvalue weighted by molar-refractivity contribution is 0.00868. The van der Waals surface area contributed by atoms with Crippen LogP contribution in [0.4, 0.5) is 5.69 Å². The highest BCUT2D eigenvalue weighted by molar-refractivity contribution is 14.0. The standard InChI is InChI=1S/C20H32N4O.HI/c1-4-21-20(24-10-9-17-7-5-6-8-18(17)24)22-15-19(16(2)3)23-11-13-25-14-12-23;/h5-8,16,19H,4,9-15H2,1-3H3,(H,21,22);1H. The van der Waals surface area contributed by atoms with E-state index in [2.05, 4.69) is 60.2 Å². The zero-order valence-corrected chi connectivity index (χ0v) is 18.6. The highest BCUT2D eigenvalue weighted by atomic mass is 127. The van der Waals surface area contributed by atoms with E-state index >= 15 is 0 Å². The van der Waals surface area contributed by atoms with E-state index in [9.17, 15) is 0 Å². The van der Waals surface area contributed by atoms with E-state index in [1.54, 1.807) is 0 Å². The van der Waals surface area contributed by atoms with Crippen molar-refractivity contribution in [3.63, 3.8) is 0 Å². The molecule has 2 aliphatic rings. The summed E-state index contributed by atoms with van der Waals surface area (Å²) < 4.78 is 5.52. The van der Waals surface area contributed by atoms with Gasteiger partial charge in [0.25, 0.3) is 0 Å².